The highest BCUT2D eigenvalue weighted by atomic mass is 35.5. The van der Waals surface area contributed by atoms with Gasteiger partial charge in [-0.25, -0.2) is 13.4 Å². The second kappa shape index (κ2) is 8.99. The number of imidazole rings is 1. The van der Waals surface area contributed by atoms with Crippen LogP contribution in [-0.2, 0) is 16.9 Å². The molecule has 4 rings (SSSR count). The quantitative estimate of drug-likeness (QED) is 0.378. The van der Waals surface area contributed by atoms with Crippen molar-refractivity contribution in [2.24, 2.45) is 7.05 Å². The molecular weight excluding hydrogens is 483 g/mol. The predicted octanol–water partition coefficient (Wildman–Crippen LogP) is 5.43. The fourth-order valence-corrected chi connectivity index (χ4v) is 5.36. The molecule has 0 aliphatic heterocycles. The van der Waals surface area contributed by atoms with Gasteiger partial charge in [-0.15, -0.1) is 0 Å². The number of rotatable bonds is 6. The number of aromatic nitrogens is 2. The molecule has 1 aromatic heterocycles. The molecule has 0 amide bonds. The number of nitrogens with zero attached hydrogens (tertiary/aromatic N) is 2. The van der Waals surface area contributed by atoms with Crippen LogP contribution in [0.15, 0.2) is 59.5 Å². The summed E-state index contributed by atoms with van der Waals surface area (Å²) in [4.78, 5) is 4.83. The predicted molar refractivity (Wildman–Crippen MR) is 131 cm³/mol. The molecule has 0 radical (unpaired) electrons. The van der Waals surface area contributed by atoms with Gasteiger partial charge in [-0.3, -0.25) is 0 Å². The summed E-state index contributed by atoms with van der Waals surface area (Å²) in [5, 5.41) is 11.8. The molecule has 1 unspecified atom stereocenters. The van der Waals surface area contributed by atoms with Crippen molar-refractivity contribution in [3.8, 4) is 16.9 Å². The van der Waals surface area contributed by atoms with Crippen LogP contribution in [0.3, 0.4) is 0 Å². The number of aliphatic hydroxyl groups is 1. The van der Waals surface area contributed by atoms with Crippen molar-refractivity contribution in [2.75, 3.05) is 12.9 Å². The third kappa shape index (κ3) is 4.10. The molecule has 0 fully saturated rings. The van der Waals surface area contributed by atoms with Crippen molar-refractivity contribution in [3.05, 3.63) is 76.0 Å². The average molecular weight is 505 g/mol. The Balaban J connectivity index is 1.82. The molecule has 1 atom stereocenters. The molecule has 172 valence electrons. The van der Waals surface area contributed by atoms with Crippen LogP contribution >= 0.6 is 23.2 Å². The second-order valence-corrected chi connectivity index (χ2v) is 10.6. The van der Waals surface area contributed by atoms with E-state index in [1.807, 2.05) is 24.3 Å². The maximum absolute atomic E-state index is 12.1. The summed E-state index contributed by atoms with van der Waals surface area (Å²) >= 11 is 13.4. The van der Waals surface area contributed by atoms with Crippen molar-refractivity contribution in [3.63, 3.8) is 0 Å². The van der Waals surface area contributed by atoms with Gasteiger partial charge < -0.3 is 14.4 Å². The van der Waals surface area contributed by atoms with E-state index in [2.05, 4.69) is 4.98 Å². The number of sulfone groups is 1. The minimum Gasteiger partial charge on any atom is -0.496 e. The Hall–Kier alpha value is -2.58. The van der Waals surface area contributed by atoms with E-state index >= 15 is 0 Å². The van der Waals surface area contributed by atoms with Crippen LogP contribution in [0.1, 0.15) is 24.4 Å². The van der Waals surface area contributed by atoms with Gasteiger partial charge in [-0.2, -0.15) is 0 Å². The Morgan fingerprint density at radius 2 is 1.79 bits per heavy atom. The summed E-state index contributed by atoms with van der Waals surface area (Å²) in [6.07, 6.45) is -1.09. The lowest BCUT2D eigenvalue weighted by atomic mass is 10.0. The van der Waals surface area contributed by atoms with E-state index in [1.165, 1.54) is 12.1 Å². The van der Waals surface area contributed by atoms with Gasteiger partial charge in [0.1, 0.15) is 23.2 Å². The van der Waals surface area contributed by atoms with Crippen molar-refractivity contribution in [2.45, 2.75) is 17.9 Å². The third-order valence-electron chi connectivity index (χ3n) is 5.66. The van der Waals surface area contributed by atoms with Gasteiger partial charge in [-0.05, 0) is 29.8 Å². The second-order valence-electron chi connectivity index (χ2n) is 7.52. The SMILES string of the molecule is CCS(=O)(=O)c1ccc(C(O)c2nc3c(Cl)c(-c4ccccc4OC)c(Cl)cc3n2C)cc1. The highest BCUT2D eigenvalue weighted by molar-refractivity contribution is 7.91. The Labute approximate surface area is 202 Å². The van der Waals surface area contributed by atoms with Gasteiger partial charge in [0.2, 0.25) is 0 Å². The number of ether oxygens (including phenoxy) is 1. The molecule has 4 aromatic rings. The molecule has 0 saturated heterocycles. The lowest BCUT2D eigenvalue weighted by Crippen LogP contribution is -2.08. The summed E-state index contributed by atoms with van der Waals surface area (Å²) in [5.41, 5.74) is 2.98. The number of halogens is 2. The molecule has 0 aliphatic rings. The highest BCUT2D eigenvalue weighted by Crippen LogP contribution is 2.43. The fraction of sp³-hybridized carbons (Fsp3) is 0.208. The molecule has 1 heterocycles. The smallest absolute Gasteiger partial charge is 0.178 e. The number of hydrogen-bond acceptors (Lipinski definition) is 5. The van der Waals surface area contributed by atoms with Gasteiger partial charge in [0.25, 0.3) is 0 Å². The van der Waals surface area contributed by atoms with E-state index in [0.29, 0.717) is 43.8 Å². The monoisotopic (exact) mass is 504 g/mol. The lowest BCUT2D eigenvalue weighted by molar-refractivity contribution is 0.207. The summed E-state index contributed by atoms with van der Waals surface area (Å²) in [6, 6.07) is 15.3. The first kappa shape index (κ1) is 23.6. The number of methoxy groups -OCH3 is 1. The van der Waals surface area contributed by atoms with Gasteiger partial charge in [0.05, 0.1) is 33.3 Å². The molecule has 9 heteroatoms. The van der Waals surface area contributed by atoms with Gasteiger partial charge in [0, 0.05) is 18.2 Å². The molecular formula is C24H22Cl2N2O4S. The zero-order valence-corrected chi connectivity index (χ0v) is 20.5. The van der Waals surface area contributed by atoms with Crippen molar-refractivity contribution < 1.29 is 18.3 Å². The van der Waals surface area contributed by atoms with E-state index in [1.54, 1.807) is 43.8 Å². The molecule has 3 aromatic carbocycles. The Morgan fingerprint density at radius 3 is 2.42 bits per heavy atom. The van der Waals surface area contributed by atoms with Crippen molar-refractivity contribution in [1.29, 1.82) is 0 Å². The van der Waals surface area contributed by atoms with Crippen LogP contribution in [0.25, 0.3) is 22.2 Å². The molecule has 0 spiro atoms. The van der Waals surface area contributed by atoms with E-state index in [9.17, 15) is 13.5 Å². The molecule has 33 heavy (non-hydrogen) atoms. The first-order chi connectivity index (χ1) is 15.7. The Morgan fingerprint density at radius 1 is 1.12 bits per heavy atom. The number of aryl methyl sites for hydroxylation is 1. The standard InChI is InChI=1S/C24H22Cl2N2O4S/c1-4-33(30,31)15-11-9-14(10-12-15)23(29)24-27-22-18(28(24)2)13-17(25)20(21(22)26)16-7-5-6-8-19(16)32-3/h5-13,23,29H,4H2,1-3H3. The van der Waals surface area contributed by atoms with Crippen molar-refractivity contribution >= 4 is 44.1 Å². The molecule has 0 saturated carbocycles. The third-order valence-corrected chi connectivity index (χ3v) is 8.08. The van der Waals surface area contributed by atoms with Crippen LogP contribution < -0.4 is 4.74 Å². The molecule has 0 aliphatic carbocycles. The number of hydrogen-bond donors (Lipinski definition) is 1. The number of aliphatic hydroxyl groups excluding tert-OH is 1. The number of fused-ring (bicyclic) bond motifs is 1. The van der Waals surface area contributed by atoms with Crippen molar-refractivity contribution in [1.82, 2.24) is 9.55 Å². The highest BCUT2D eigenvalue weighted by Gasteiger charge is 2.24. The number of para-hydroxylation sites is 1. The fourth-order valence-electron chi connectivity index (χ4n) is 3.79. The van der Waals surface area contributed by atoms with Crippen LogP contribution in [0.5, 0.6) is 5.75 Å². The lowest BCUT2D eigenvalue weighted by Gasteiger charge is -2.13. The molecule has 1 N–H and O–H groups in total. The first-order valence-corrected chi connectivity index (χ1v) is 12.6. The average Bonchev–Trinajstić information content (AvgIpc) is 3.15. The summed E-state index contributed by atoms with van der Waals surface area (Å²) in [7, 11) is 0.0119. The zero-order valence-electron chi connectivity index (χ0n) is 18.2. The first-order valence-electron chi connectivity index (χ1n) is 10.2. The van der Waals surface area contributed by atoms with Crippen LogP contribution in [-0.4, -0.2) is 35.9 Å². The maximum Gasteiger partial charge on any atom is 0.178 e. The van der Waals surface area contributed by atoms with E-state index in [0.717, 1.165) is 5.56 Å². The Bertz CT molecular complexity index is 1450. The minimum atomic E-state index is -3.33. The largest absolute Gasteiger partial charge is 0.496 e. The van der Waals surface area contributed by atoms with E-state index < -0.39 is 15.9 Å². The van der Waals surface area contributed by atoms with E-state index in [-0.39, 0.29) is 10.6 Å². The van der Waals surface area contributed by atoms with Crippen LogP contribution in [0, 0.1) is 0 Å². The van der Waals surface area contributed by atoms with E-state index in [4.69, 9.17) is 27.9 Å². The van der Waals surface area contributed by atoms with Crippen LogP contribution in [0.2, 0.25) is 10.0 Å². The Kier molecular flexibility index (Phi) is 6.42. The number of benzene rings is 3. The normalized spacial score (nSPS) is 12.8. The topological polar surface area (TPSA) is 81.4 Å². The molecule has 0 bridgehead atoms. The van der Waals surface area contributed by atoms with Crippen LogP contribution in [0.4, 0.5) is 0 Å². The zero-order chi connectivity index (χ0) is 23.9. The van der Waals surface area contributed by atoms with Gasteiger partial charge >= 0.3 is 0 Å². The minimum absolute atomic E-state index is 0.00739. The van der Waals surface area contributed by atoms with Gasteiger partial charge in [0.15, 0.2) is 9.84 Å². The summed E-state index contributed by atoms with van der Waals surface area (Å²) in [6.45, 7) is 1.59. The summed E-state index contributed by atoms with van der Waals surface area (Å²) < 4.78 is 31.3. The maximum atomic E-state index is 12.1. The molecule has 6 nitrogen and oxygen atoms in total. The van der Waals surface area contributed by atoms with Gasteiger partial charge in [-0.1, -0.05) is 60.5 Å². The summed E-state index contributed by atoms with van der Waals surface area (Å²) in [5.74, 6) is 0.984.